The van der Waals surface area contributed by atoms with E-state index in [1.807, 2.05) is 0 Å². The molecule has 0 spiro atoms. The molecule has 0 atom stereocenters. The maximum atomic E-state index is 8.72. The van der Waals surface area contributed by atoms with Crippen molar-refractivity contribution in [1.82, 2.24) is 4.98 Å². The number of hydrogen-bond donors (Lipinski definition) is 1. The summed E-state index contributed by atoms with van der Waals surface area (Å²) in [6.45, 7) is 1.72. The molecule has 4 nitrogen and oxygen atoms in total. The smallest absolute Gasteiger partial charge is 0.196 e. The van der Waals surface area contributed by atoms with E-state index in [1.165, 1.54) is 0 Å². The summed E-state index contributed by atoms with van der Waals surface area (Å²) in [6.07, 6.45) is 4.25. The topological polar surface area (TPSA) is 55.5 Å². The first-order valence-corrected chi connectivity index (χ1v) is 5.03. The van der Waals surface area contributed by atoms with Crippen molar-refractivity contribution in [2.75, 3.05) is 19.8 Å². The molecule has 1 aromatic heterocycles. The molecule has 2 heterocycles. The number of nitrogens with zero attached hydrogens (tertiary/aromatic N) is 1. The van der Waals surface area contributed by atoms with Crippen LogP contribution in [-0.2, 0) is 11.2 Å². The fourth-order valence-corrected chi connectivity index (χ4v) is 1.72. The van der Waals surface area contributed by atoms with Crippen molar-refractivity contribution < 1.29 is 14.3 Å². The molecule has 0 amide bonds. The van der Waals surface area contributed by atoms with Crippen LogP contribution in [0, 0.1) is 0 Å². The number of hydrogen-bond acceptors (Lipinski definition) is 4. The fourth-order valence-electron chi connectivity index (χ4n) is 1.72. The second-order valence-corrected chi connectivity index (χ2v) is 3.53. The maximum absolute atomic E-state index is 8.72. The predicted molar refractivity (Wildman–Crippen MR) is 50.1 cm³/mol. The Morgan fingerprint density at radius 3 is 2.93 bits per heavy atom. The molecule has 0 aliphatic carbocycles. The number of ether oxygens (including phenoxy) is 1. The summed E-state index contributed by atoms with van der Waals surface area (Å²) < 4.78 is 10.5. The van der Waals surface area contributed by atoms with Gasteiger partial charge in [0.2, 0.25) is 0 Å². The molecule has 0 aromatic carbocycles. The minimum absolute atomic E-state index is 0.0910. The van der Waals surface area contributed by atoms with Gasteiger partial charge in [-0.25, -0.2) is 4.98 Å². The summed E-state index contributed by atoms with van der Waals surface area (Å²) in [4.78, 5) is 4.34. The highest BCUT2D eigenvalue weighted by Gasteiger charge is 2.19. The lowest BCUT2D eigenvalue weighted by molar-refractivity contribution is 0.0845. The lowest BCUT2D eigenvalue weighted by Gasteiger charge is -2.19. The van der Waals surface area contributed by atoms with Gasteiger partial charge in [-0.1, -0.05) is 0 Å². The Morgan fingerprint density at radius 2 is 2.21 bits per heavy atom. The minimum atomic E-state index is 0.0910. The number of oxazole rings is 1. The van der Waals surface area contributed by atoms with E-state index in [1.54, 1.807) is 6.26 Å². The van der Waals surface area contributed by atoms with E-state index in [0.717, 1.165) is 31.7 Å². The molecular formula is C10H15NO3. The summed E-state index contributed by atoms with van der Waals surface area (Å²) >= 11 is 0. The standard InChI is InChI=1S/C10H15NO3/c12-4-1-10-11-9(7-14-10)8-2-5-13-6-3-8/h7-8,12H,1-6H2. The monoisotopic (exact) mass is 197 g/mol. The third kappa shape index (κ3) is 2.13. The van der Waals surface area contributed by atoms with Gasteiger partial charge in [0.25, 0.3) is 0 Å². The quantitative estimate of drug-likeness (QED) is 0.788. The first-order chi connectivity index (χ1) is 6.90. The number of aliphatic hydroxyl groups excluding tert-OH is 1. The molecule has 2 rings (SSSR count). The Labute approximate surface area is 82.9 Å². The Bertz CT molecular complexity index is 279. The number of aliphatic hydroxyl groups is 1. The lowest BCUT2D eigenvalue weighted by Crippen LogP contribution is -2.14. The maximum Gasteiger partial charge on any atom is 0.196 e. The first kappa shape index (κ1) is 9.68. The summed E-state index contributed by atoms with van der Waals surface area (Å²) in [7, 11) is 0. The molecule has 0 unspecified atom stereocenters. The molecule has 1 fully saturated rings. The average Bonchev–Trinajstić information content (AvgIpc) is 2.68. The van der Waals surface area contributed by atoms with E-state index in [-0.39, 0.29) is 6.61 Å². The predicted octanol–water partition coefficient (Wildman–Crippen LogP) is 1.10. The average molecular weight is 197 g/mol. The first-order valence-electron chi connectivity index (χ1n) is 5.03. The highest BCUT2D eigenvalue weighted by Crippen LogP contribution is 2.25. The minimum Gasteiger partial charge on any atom is -0.449 e. The van der Waals surface area contributed by atoms with E-state index >= 15 is 0 Å². The van der Waals surface area contributed by atoms with Crippen LogP contribution < -0.4 is 0 Å². The van der Waals surface area contributed by atoms with Gasteiger partial charge in [-0.2, -0.15) is 0 Å². The van der Waals surface area contributed by atoms with Crippen LogP contribution in [0.5, 0.6) is 0 Å². The van der Waals surface area contributed by atoms with E-state index in [9.17, 15) is 0 Å². The van der Waals surface area contributed by atoms with Crippen LogP contribution in [0.15, 0.2) is 10.7 Å². The lowest BCUT2D eigenvalue weighted by atomic mass is 9.97. The van der Waals surface area contributed by atoms with Crippen LogP contribution >= 0.6 is 0 Å². The summed E-state index contributed by atoms with van der Waals surface area (Å²) in [5.74, 6) is 1.11. The van der Waals surface area contributed by atoms with Crippen molar-refractivity contribution in [3.05, 3.63) is 17.8 Å². The molecule has 1 N–H and O–H groups in total. The molecule has 1 aromatic rings. The van der Waals surface area contributed by atoms with Crippen LogP contribution in [0.1, 0.15) is 30.3 Å². The molecule has 0 bridgehead atoms. The van der Waals surface area contributed by atoms with Gasteiger partial charge >= 0.3 is 0 Å². The van der Waals surface area contributed by atoms with E-state index < -0.39 is 0 Å². The molecule has 0 saturated carbocycles. The molecule has 1 aliphatic heterocycles. The zero-order chi connectivity index (χ0) is 9.80. The number of aromatic nitrogens is 1. The SMILES string of the molecule is OCCc1nc(C2CCOCC2)co1. The largest absolute Gasteiger partial charge is 0.449 e. The van der Waals surface area contributed by atoms with Crippen LogP contribution in [0.25, 0.3) is 0 Å². The zero-order valence-electron chi connectivity index (χ0n) is 8.11. The molecule has 1 aliphatic rings. The molecule has 14 heavy (non-hydrogen) atoms. The molecular weight excluding hydrogens is 182 g/mol. The second kappa shape index (κ2) is 4.57. The van der Waals surface area contributed by atoms with Gasteiger partial charge in [-0.15, -0.1) is 0 Å². The van der Waals surface area contributed by atoms with Crippen LogP contribution in [0.3, 0.4) is 0 Å². The number of rotatable bonds is 3. The second-order valence-electron chi connectivity index (χ2n) is 3.53. The van der Waals surface area contributed by atoms with Crippen molar-refractivity contribution in [2.24, 2.45) is 0 Å². The summed E-state index contributed by atoms with van der Waals surface area (Å²) in [5.41, 5.74) is 1.01. The van der Waals surface area contributed by atoms with Crippen molar-refractivity contribution >= 4 is 0 Å². The molecule has 4 heteroatoms. The third-order valence-electron chi connectivity index (χ3n) is 2.53. The van der Waals surface area contributed by atoms with Gasteiger partial charge in [-0.05, 0) is 12.8 Å². The van der Waals surface area contributed by atoms with Gasteiger partial charge in [0.05, 0.1) is 12.3 Å². The van der Waals surface area contributed by atoms with Gasteiger partial charge in [-0.3, -0.25) is 0 Å². The van der Waals surface area contributed by atoms with E-state index in [2.05, 4.69) is 4.98 Å². The molecule has 78 valence electrons. The Balaban J connectivity index is 2.00. The summed E-state index contributed by atoms with van der Waals surface area (Å²) in [6, 6.07) is 0. The van der Waals surface area contributed by atoms with Gasteiger partial charge < -0.3 is 14.3 Å². The zero-order valence-corrected chi connectivity index (χ0v) is 8.11. The fraction of sp³-hybridized carbons (Fsp3) is 0.700. The van der Waals surface area contributed by atoms with Gasteiger partial charge in [0, 0.05) is 25.6 Å². The van der Waals surface area contributed by atoms with Crippen LogP contribution in [0.2, 0.25) is 0 Å². The third-order valence-corrected chi connectivity index (χ3v) is 2.53. The van der Waals surface area contributed by atoms with Crippen molar-refractivity contribution in [1.29, 1.82) is 0 Å². The van der Waals surface area contributed by atoms with Crippen LogP contribution in [0.4, 0.5) is 0 Å². The Hall–Kier alpha value is -0.870. The van der Waals surface area contributed by atoms with Crippen LogP contribution in [-0.4, -0.2) is 29.9 Å². The highest BCUT2D eigenvalue weighted by molar-refractivity contribution is 5.05. The highest BCUT2D eigenvalue weighted by atomic mass is 16.5. The molecule has 0 radical (unpaired) electrons. The molecule has 1 saturated heterocycles. The van der Waals surface area contributed by atoms with Gasteiger partial charge in [0.15, 0.2) is 5.89 Å². The van der Waals surface area contributed by atoms with Gasteiger partial charge in [0.1, 0.15) is 6.26 Å². The Morgan fingerprint density at radius 1 is 1.43 bits per heavy atom. The van der Waals surface area contributed by atoms with Crippen molar-refractivity contribution in [2.45, 2.75) is 25.2 Å². The van der Waals surface area contributed by atoms with E-state index in [0.29, 0.717) is 18.2 Å². The van der Waals surface area contributed by atoms with Crippen molar-refractivity contribution in [3.63, 3.8) is 0 Å². The van der Waals surface area contributed by atoms with E-state index in [4.69, 9.17) is 14.3 Å². The summed E-state index contributed by atoms with van der Waals surface area (Å²) in [5, 5.41) is 8.72. The van der Waals surface area contributed by atoms with Crippen molar-refractivity contribution in [3.8, 4) is 0 Å². The normalized spacial score (nSPS) is 18.6. The Kier molecular flexibility index (Phi) is 3.16.